The van der Waals surface area contributed by atoms with E-state index in [0.717, 1.165) is 6.07 Å². The molecule has 0 aliphatic carbocycles. The van der Waals surface area contributed by atoms with Crippen molar-refractivity contribution >= 4 is 15.9 Å². The van der Waals surface area contributed by atoms with Gasteiger partial charge in [0.25, 0.3) is 0 Å². The second-order valence-electron chi connectivity index (χ2n) is 4.37. The fourth-order valence-corrected chi connectivity index (χ4v) is 2.30. The second kappa shape index (κ2) is 6.03. The first-order valence-electron chi connectivity index (χ1n) is 5.94. The summed E-state index contributed by atoms with van der Waals surface area (Å²) >= 11 is 3.04. The first-order chi connectivity index (χ1) is 9.82. The lowest BCUT2D eigenvalue weighted by molar-refractivity contribution is -0.138. The Hall–Kier alpha value is -1.60. The third-order valence-electron chi connectivity index (χ3n) is 2.98. The molecule has 0 fully saturated rings. The maximum Gasteiger partial charge on any atom is 0.416 e. The van der Waals surface area contributed by atoms with Crippen molar-refractivity contribution in [3.8, 4) is 5.75 Å². The van der Waals surface area contributed by atoms with E-state index >= 15 is 0 Å². The van der Waals surface area contributed by atoms with Crippen molar-refractivity contribution in [3.63, 3.8) is 0 Å². The van der Waals surface area contributed by atoms with E-state index in [0.29, 0.717) is 15.8 Å². The highest BCUT2D eigenvalue weighted by molar-refractivity contribution is 9.10. The van der Waals surface area contributed by atoms with Gasteiger partial charge in [-0.3, -0.25) is 4.98 Å². The van der Waals surface area contributed by atoms with Crippen LogP contribution in [0.15, 0.2) is 41.1 Å². The summed E-state index contributed by atoms with van der Waals surface area (Å²) in [5.74, 6) is 0.439. The molecule has 21 heavy (non-hydrogen) atoms. The number of nitrogens with two attached hydrogens (primary N) is 1. The lowest BCUT2D eigenvalue weighted by Gasteiger charge is -2.19. The molecule has 2 aromatic rings. The standard InChI is InChI=1S/C14H12BrF3N2O/c1-21-10-4-8(6-20-7-10)13(19)11-3-2-9(15)5-12(11)14(16,17)18/h2-7,13H,19H2,1H3. The summed E-state index contributed by atoms with van der Waals surface area (Å²) in [5, 5.41) is 0. The molecule has 3 nitrogen and oxygen atoms in total. The van der Waals surface area contributed by atoms with Crippen LogP contribution in [-0.2, 0) is 6.18 Å². The minimum Gasteiger partial charge on any atom is -0.495 e. The highest BCUT2D eigenvalue weighted by atomic mass is 79.9. The van der Waals surface area contributed by atoms with Gasteiger partial charge in [0.2, 0.25) is 0 Å². The lowest BCUT2D eigenvalue weighted by atomic mass is 9.96. The number of nitrogens with zero attached hydrogens (tertiary/aromatic N) is 1. The van der Waals surface area contributed by atoms with E-state index in [1.165, 1.54) is 31.6 Å². The maximum absolute atomic E-state index is 13.1. The van der Waals surface area contributed by atoms with Gasteiger partial charge in [0.1, 0.15) is 5.75 Å². The Kier molecular flexibility index (Phi) is 4.53. The smallest absolute Gasteiger partial charge is 0.416 e. The highest BCUT2D eigenvalue weighted by Crippen LogP contribution is 2.37. The van der Waals surface area contributed by atoms with E-state index in [2.05, 4.69) is 20.9 Å². The number of alkyl halides is 3. The molecule has 0 bridgehead atoms. The van der Waals surface area contributed by atoms with Gasteiger partial charge in [-0.15, -0.1) is 0 Å². The Balaban J connectivity index is 2.50. The summed E-state index contributed by atoms with van der Waals surface area (Å²) in [7, 11) is 1.45. The minimum atomic E-state index is -4.48. The summed E-state index contributed by atoms with van der Waals surface area (Å²) in [6, 6.07) is 4.52. The zero-order chi connectivity index (χ0) is 15.6. The van der Waals surface area contributed by atoms with Crippen LogP contribution >= 0.6 is 15.9 Å². The molecule has 1 aromatic heterocycles. The fraction of sp³-hybridized carbons (Fsp3) is 0.214. The number of ether oxygens (including phenoxy) is 1. The molecule has 1 unspecified atom stereocenters. The predicted octanol–water partition coefficient (Wildman–Crippen LogP) is 3.92. The van der Waals surface area contributed by atoms with Gasteiger partial charge in [-0.1, -0.05) is 22.0 Å². The number of hydrogen-bond donors (Lipinski definition) is 1. The average Bonchev–Trinajstić information content (AvgIpc) is 2.45. The van der Waals surface area contributed by atoms with E-state index < -0.39 is 17.8 Å². The highest BCUT2D eigenvalue weighted by Gasteiger charge is 2.35. The maximum atomic E-state index is 13.1. The van der Waals surface area contributed by atoms with Crippen molar-refractivity contribution in [1.29, 1.82) is 0 Å². The molecule has 0 spiro atoms. The fourth-order valence-electron chi connectivity index (χ4n) is 1.94. The molecule has 2 N–H and O–H groups in total. The Bertz CT molecular complexity index is 646. The number of pyridine rings is 1. The van der Waals surface area contributed by atoms with Crippen molar-refractivity contribution in [2.45, 2.75) is 12.2 Å². The molecule has 0 saturated carbocycles. The summed E-state index contributed by atoms with van der Waals surface area (Å²) in [6.45, 7) is 0. The molecule has 1 heterocycles. The van der Waals surface area contributed by atoms with Gasteiger partial charge in [-0.05, 0) is 29.3 Å². The molecule has 0 amide bonds. The number of aromatic nitrogens is 1. The van der Waals surface area contributed by atoms with Gasteiger partial charge in [0.05, 0.1) is 24.9 Å². The van der Waals surface area contributed by atoms with Crippen molar-refractivity contribution in [1.82, 2.24) is 4.98 Å². The van der Waals surface area contributed by atoms with Crippen molar-refractivity contribution in [2.24, 2.45) is 5.73 Å². The van der Waals surface area contributed by atoms with Gasteiger partial charge >= 0.3 is 6.18 Å². The molecule has 1 aromatic carbocycles. The van der Waals surface area contributed by atoms with Gasteiger partial charge in [-0.2, -0.15) is 13.2 Å². The van der Waals surface area contributed by atoms with Crippen LogP contribution in [-0.4, -0.2) is 12.1 Å². The van der Waals surface area contributed by atoms with Crippen LogP contribution in [0.4, 0.5) is 13.2 Å². The zero-order valence-electron chi connectivity index (χ0n) is 11.0. The van der Waals surface area contributed by atoms with Crippen LogP contribution in [0.25, 0.3) is 0 Å². The summed E-state index contributed by atoms with van der Waals surface area (Å²) in [4.78, 5) is 3.92. The number of methoxy groups -OCH3 is 1. The van der Waals surface area contributed by atoms with Gasteiger partial charge in [0, 0.05) is 10.7 Å². The predicted molar refractivity (Wildman–Crippen MR) is 76.0 cm³/mol. The third kappa shape index (κ3) is 3.54. The summed E-state index contributed by atoms with van der Waals surface area (Å²) < 4.78 is 44.8. The Morgan fingerprint density at radius 2 is 1.95 bits per heavy atom. The number of hydrogen-bond acceptors (Lipinski definition) is 3. The van der Waals surface area contributed by atoms with E-state index in [4.69, 9.17) is 10.5 Å². The summed E-state index contributed by atoms with van der Waals surface area (Å²) in [6.07, 6.45) is -1.60. The molecular weight excluding hydrogens is 349 g/mol. The topological polar surface area (TPSA) is 48.1 Å². The average molecular weight is 361 g/mol. The molecule has 0 aliphatic heterocycles. The molecule has 7 heteroatoms. The summed E-state index contributed by atoms with van der Waals surface area (Å²) in [5.41, 5.74) is 5.64. The van der Waals surface area contributed by atoms with Gasteiger partial charge in [0.15, 0.2) is 0 Å². The molecule has 2 rings (SSSR count). The van der Waals surface area contributed by atoms with Gasteiger partial charge in [-0.25, -0.2) is 0 Å². The van der Waals surface area contributed by atoms with Crippen molar-refractivity contribution < 1.29 is 17.9 Å². The van der Waals surface area contributed by atoms with Crippen molar-refractivity contribution in [3.05, 3.63) is 57.8 Å². The zero-order valence-corrected chi connectivity index (χ0v) is 12.6. The molecule has 0 saturated heterocycles. The Morgan fingerprint density at radius 3 is 2.57 bits per heavy atom. The lowest BCUT2D eigenvalue weighted by Crippen LogP contribution is -2.18. The van der Waals surface area contributed by atoms with Crippen LogP contribution in [0, 0.1) is 0 Å². The molecule has 1 atom stereocenters. The SMILES string of the molecule is COc1cncc(C(N)c2ccc(Br)cc2C(F)(F)F)c1. The van der Waals surface area contributed by atoms with Crippen LogP contribution in [0.1, 0.15) is 22.7 Å². The van der Waals surface area contributed by atoms with Crippen molar-refractivity contribution in [2.75, 3.05) is 7.11 Å². The Labute approximate surface area is 128 Å². The van der Waals surface area contributed by atoms with Crippen LogP contribution in [0.2, 0.25) is 0 Å². The minimum absolute atomic E-state index is 0.0132. The van der Waals surface area contributed by atoms with Crippen LogP contribution in [0.3, 0.4) is 0 Å². The van der Waals surface area contributed by atoms with Gasteiger partial charge < -0.3 is 10.5 Å². The van der Waals surface area contributed by atoms with E-state index in [1.54, 1.807) is 6.07 Å². The molecule has 0 aliphatic rings. The van der Waals surface area contributed by atoms with Crippen LogP contribution in [0.5, 0.6) is 5.75 Å². The normalized spacial score (nSPS) is 13.0. The first-order valence-corrected chi connectivity index (χ1v) is 6.73. The second-order valence-corrected chi connectivity index (χ2v) is 5.28. The van der Waals surface area contributed by atoms with Crippen LogP contribution < -0.4 is 10.5 Å². The molecule has 0 radical (unpaired) electrons. The Morgan fingerprint density at radius 1 is 1.24 bits per heavy atom. The molecule has 112 valence electrons. The third-order valence-corrected chi connectivity index (χ3v) is 3.48. The quantitative estimate of drug-likeness (QED) is 0.902. The van der Waals surface area contributed by atoms with E-state index in [1.807, 2.05) is 0 Å². The molecular formula is C14H12BrF3N2O. The number of halogens is 4. The largest absolute Gasteiger partial charge is 0.495 e. The van der Waals surface area contributed by atoms with E-state index in [-0.39, 0.29) is 5.56 Å². The first kappa shape index (κ1) is 15.8. The number of benzene rings is 1. The monoisotopic (exact) mass is 360 g/mol. The van der Waals surface area contributed by atoms with E-state index in [9.17, 15) is 13.2 Å². The number of rotatable bonds is 3.